The Morgan fingerprint density at radius 1 is 1.29 bits per heavy atom. The van der Waals surface area contributed by atoms with E-state index in [1.807, 2.05) is 0 Å². The molecule has 2 aromatic rings. The standard InChI is InChI=1S/C16H15N3O2/c1-19(13-5-3-4-11(8-13)10-17)16(20)12-6-7-15(21-2)14(18)9-12/h3-9H,18H2,1-2H3. The molecule has 0 saturated carbocycles. The van der Waals surface area contributed by atoms with Crippen molar-refractivity contribution in [2.24, 2.45) is 0 Å². The van der Waals surface area contributed by atoms with Gasteiger partial charge in [-0.05, 0) is 36.4 Å². The van der Waals surface area contributed by atoms with E-state index in [-0.39, 0.29) is 5.91 Å². The molecule has 0 unspecified atom stereocenters. The van der Waals surface area contributed by atoms with Gasteiger partial charge >= 0.3 is 0 Å². The predicted molar refractivity (Wildman–Crippen MR) is 81.3 cm³/mol. The normalized spacial score (nSPS) is 9.76. The third-order valence-corrected chi connectivity index (χ3v) is 3.14. The van der Waals surface area contributed by atoms with E-state index in [0.29, 0.717) is 28.3 Å². The van der Waals surface area contributed by atoms with Crippen LogP contribution in [0.5, 0.6) is 5.75 Å². The molecule has 0 fully saturated rings. The van der Waals surface area contributed by atoms with Gasteiger partial charge in [0.1, 0.15) is 5.75 Å². The molecule has 0 aliphatic rings. The molecule has 0 saturated heterocycles. The number of carbonyl (C=O) groups is 1. The van der Waals surface area contributed by atoms with Crippen molar-refractivity contribution in [3.05, 3.63) is 53.6 Å². The number of nitrogens with zero attached hydrogens (tertiary/aromatic N) is 2. The van der Waals surface area contributed by atoms with Gasteiger partial charge in [-0.3, -0.25) is 4.79 Å². The van der Waals surface area contributed by atoms with Gasteiger partial charge < -0.3 is 15.4 Å². The summed E-state index contributed by atoms with van der Waals surface area (Å²) in [5.74, 6) is 0.320. The summed E-state index contributed by atoms with van der Waals surface area (Å²) in [7, 11) is 3.17. The fourth-order valence-electron chi connectivity index (χ4n) is 1.96. The quantitative estimate of drug-likeness (QED) is 0.876. The van der Waals surface area contributed by atoms with Gasteiger partial charge in [0.2, 0.25) is 0 Å². The van der Waals surface area contributed by atoms with Crippen LogP contribution in [0.1, 0.15) is 15.9 Å². The highest BCUT2D eigenvalue weighted by Gasteiger charge is 2.15. The van der Waals surface area contributed by atoms with Crippen molar-refractivity contribution < 1.29 is 9.53 Å². The Labute approximate surface area is 123 Å². The molecule has 2 rings (SSSR count). The van der Waals surface area contributed by atoms with E-state index in [9.17, 15) is 4.79 Å². The summed E-state index contributed by atoms with van der Waals surface area (Å²) in [6.07, 6.45) is 0. The predicted octanol–water partition coefficient (Wildman–Crippen LogP) is 2.43. The molecular weight excluding hydrogens is 266 g/mol. The largest absolute Gasteiger partial charge is 0.495 e. The van der Waals surface area contributed by atoms with Gasteiger partial charge in [-0.1, -0.05) is 6.07 Å². The molecule has 2 N–H and O–H groups in total. The monoisotopic (exact) mass is 281 g/mol. The van der Waals surface area contributed by atoms with E-state index in [1.165, 1.54) is 12.0 Å². The zero-order valence-corrected chi connectivity index (χ0v) is 11.8. The lowest BCUT2D eigenvalue weighted by atomic mass is 10.1. The first-order chi connectivity index (χ1) is 10.1. The summed E-state index contributed by atoms with van der Waals surface area (Å²) in [5, 5.41) is 8.91. The Morgan fingerprint density at radius 3 is 2.67 bits per heavy atom. The summed E-state index contributed by atoms with van der Waals surface area (Å²) in [4.78, 5) is 13.9. The van der Waals surface area contributed by atoms with Crippen LogP contribution in [0.15, 0.2) is 42.5 Å². The van der Waals surface area contributed by atoms with E-state index in [2.05, 4.69) is 6.07 Å². The summed E-state index contributed by atoms with van der Waals surface area (Å²) >= 11 is 0. The highest BCUT2D eigenvalue weighted by molar-refractivity contribution is 6.06. The molecule has 0 heterocycles. The number of hydrogen-bond acceptors (Lipinski definition) is 4. The van der Waals surface area contributed by atoms with Crippen molar-refractivity contribution in [1.29, 1.82) is 5.26 Å². The molecule has 1 amide bonds. The third kappa shape index (κ3) is 2.95. The Balaban J connectivity index is 2.30. The number of hydrogen-bond donors (Lipinski definition) is 1. The molecule has 0 aliphatic heterocycles. The molecule has 0 aliphatic carbocycles. The second-order valence-corrected chi connectivity index (χ2v) is 4.48. The van der Waals surface area contributed by atoms with Gasteiger partial charge in [0.15, 0.2) is 0 Å². The van der Waals surface area contributed by atoms with E-state index in [0.717, 1.165) is 0 Å². The van der Waals surface area contributed by atoms with Crippen LogP contribution in [0.4, 0.5) is 11.4 Å². The molecule has 2 aromatic carbocycles. The van der Waals surface area contributed by atoms with Crippen molar-refractivity contribution in [2.75, 3.05) is 24.8 Å². The number of carbonyl (C=O) groups excluding carboxylic acids is 1. The molecule has 21 heavy (non-hydrogen) atoms. The number of ether oxygens (including phenoxy) is 1. The minimum Gasteiger partial charge on any atom is -0.495 e. The Kier molecular flexibility index (Phi) is 4.10. The maximum absolute atomic E-state index is 12.4. The van der Waals surface area contributed by atoms with E-state index in [4.69, 9.17) is 15.7 Å². The molecule has 5 nitrogen and oxygen atoms in total. The Hall–Kier alpha value is -3.00. The number of benzene rings is 2. The first-order valence-corrected chi connectivity index (χ1v) is 6.28. The zero-order chi connectivity index (χ0) is 15.4. The maximum atomic E-state index is 12.4. The molecule has 0 spiro atoms. The van der Waals surface area contributed by atoms with Crippen LogP contribution in [0.3, 0.4) is 0 Å². The van der Waals surface area contributed by atoms with Crippen LogP contribution >= 0.6 is 0 Å². The lowest BCUT2D eigenvalue weighted by Crippen LogP contribution is -2.26. The number of nitriles is 1. The van der Waals surface area contributed by atoms with Crippen molar-refractivity contribution in [3.63, 3.8) is 0 Å². The molecule has 0 aromatic heterocycles. The number of nitrogen functional groups attached to an aromatic ring is 1. The summed E-state index contributed by atoms with van der Waals surface area (Å²) in [6.45, 7) is 0. The number of methoxy groups -OCH3 is 1. The summed E-state index contributed by atoms with van der Waals surface area (Å²) < 4.78 is 5.07. The van der Waals surface area contributed by atoms with Gasteiger partial charge in [-0.2, -0.15) is 5.26 Å². The second kappa shape index (κ2) is 5.97. The minimum absolute atomic E-state index is 0.209. The maximum Gasteiger partial charge on any atom is 0.258 e. The average Bonchev–Trinajstić information content (AvgIpc) is 2.53. The van der Waals surface area contributed by atoms with Crippen LogP contribution in [0, 0.1) is 11.3 Å². The highest BCUT2D eigenvalue weighted by Crippen LogP contribution is 2.24. The molecule has 106 valence electrons. The SMILES string of the molecule is COc1ccc(C(=O)N(C)c2cccc(C#N)c2)cc1N. The van der Waals surface area contributed by atoms with E-state index >= 15 is 0 Å². The fraction of sp³-hybridized carbons (Fsp3) is 0.125. The first-order valence-electron chi connectivity index (χ1n) is 6.28. The first kappa shape index (κ1) is 14.4. The third-order valence-electron chi connectivity index (χ3n) is 3.14. The van der Waals surface area contributed by atoms with Crippen LogP contribution < -0.4 is 15.4 Å². The second-order valence-electron chi connectivity index (χ2n) is 4.48. The van der Waals surface area contributed by atoms with Gasteiger partial charge in [-0.25, -0.2) is 0 Å². The van der Waals surface area contributed by atoms with E-state index < -0.39 is 0 Å². The van der Waals surface area contributed by atoms with Crippen LogP contribution in [-0.4, -0.2) is 20.1 Å². The minimum atomic E-state index is -0.209. The molecule has 0 bridgehead atoms. The van der Waals surface area contributed by atoms with Crippen LogP contribution in [0.25, 0.3) is 0 Å². The van der Waals surface area contributed by atoms with Crippen molar-refractivity contribution in [1.82, 2.24) is 0 Å². The smallest absolute Gasteiger partial charge is 0.258 e. The number of amides is 1. The summed E-state index contributed by atoms with van der Waals surface area (Å²) in [5.41, 5.74) is 7.83. The lowest BCUT2D eigenvalue weighted by molar-refractivity contribution is 0.0993. The zero-order valence-electron chi connectivity index (χ0n) is 11.8. The lowest BCUT2D eigenvalue weighted by Gasteiger charge is -2.18. The molecular formula is C16H15N3O2. The van der Waals surface area contributed by atoms with Crippen LogP contribution in [0.2, 0.25) is 0 Å². The average molecular weight is 281 g/mol. The van der Waals surface area contributed by atoms with Crippen molar-refractivity contribution >= 4 is 17.3 Å². The topological polar surface area (TPSA) is 79.3 Å². The van der Waals surface area contributed by atoms with E-state index in [1.54, 1.807) is 49.5 Å². The van der Waals surface area contributed by atoms with Crippen LogP contribution in [-0.2, 0) is 0 Å². The fourth-order valence-corrected chi connectivity index (χ4v) is 1.96. The highest BCUT2D eigenvalue weighted by atomic mass is 16.5. The number of nitrogens with two attached hydrogens (primary N) is 1. The Morgan fingerprint density at radius 2 is 2.05 bits per heavy atom. The van der Waals surface area contributed by atoms with Crippen molar-refractivity contribution in [3.8, 4) is 11.8 Å². The van der Waals surface area contributed by atoms with Gasteiger partial charge in [0.05, 0.1) is 24.4 Å². The molecule has 0 radical (unpaired) electrons. The number of rotatable bonds is 3. The van der Waals surface area contributed by atoms with Gasteiger partial charge in [-0.15, -0.1) is 0 Å². The Bertz CT molecular complexity index is 720. The van der Waals surface area contributed by atoms with Gasteiger partial charge in [0.25, 0.3) is 5.91 Å². The molecule has 0 atom stereocenters. The number of anilines is 2. The van der Waals surface area contributed by atoms with Gasteiger partial charge in [0, 0.05) is 18.3 Å². The van der Waals surface area contributed by atoms with Crippen molar-refractivity contribution in [2.45, 2.75) is 0 Å². The summed E-state index contributed by atoms with van der Waals surface area (Å²) in [6, 6.07) is 13.8. The molecule has 5 heteroatoms.